The number of aliphatic carboxylic acids is 1. The Morgan fingerprint density at radius 3 is 2.51 bits per heavy atom. The van der Waals surface area contributed by atoms with Gasteiger partial charge >= 0.3 is 12.1 Å². The lowest BCUT2D eigenvalue weighted by molar-refractivity contribution is -0.192. The highest BCUT2D eigenvalue weighted by Gasteiger charge is 2.38. The number of aromatic amines is 1. The van der Waals surface area contributed by atoms with Crippen molar-refractivity contribution in [2.75, 3.05) is 5.32 Å². The first-order valence-corrected chi connectivity index (χ1v) is 10.1. The predicted molar refractivity (Wildman–Crippen MR) is 119 cm³/mol. The summed E-state index contributed by atoms with van der Waals surface area (Å²) in [6, 6.07) is 12.8. The second-order valence-corrected chi connectivity index (χ2v) is 7.45. The number of H-pyrrole nitrogens is 1. The van der Waals surface area contributed by atoms with Crippen LogP contribution in [0.15, 0.2) is 65.8 Å². The van der Waals surface area contributed by atoms with Crippen molar-refractivity contribution in [3.8, 4) is 16.9 Å². The summed E-state index contributed by atoms with van der Waals surface area (Å²) in [5, 5.41) is 10.8. The second kappa shape index (κ2) is 8.97. The van der Waals surface area contributed by atoms with E-state index in [1.54, 1.807) is 43.8 Å². The number of carbonyl (C=O) groups excluding carboxylic acids is 1. The van der Waals surface area contributed by atoms with E-state index in [0.29, 0.717) is 22.6 Å². The molecule has 0 aliphatic carbocycles. The normalized spacial score (nSPS) is 14.9. The molecule has 1 aliphatic rings. The third-order valence-electron chi connectivity index (χ3n) is 5.13. The molecule has 0 saturated heterocycles. The maximum Gasteiger partial charge on any atom is 0.490 e. The van der Waals surface area contributed by atoms with Gasteiger partial charge in [-0.1, -0.05) is 18.2 Å². The van der Waals surface area contributed by atoms with Crippen LogP contribution in [-0.2, 0) is 16.6 Å². The minimum absolute atomic E-state index is 0.103. The van der Waals surface area contributed by atoms with Crippen molar-refractivity contribution >= 4 is 28.5 Å². The number of alkyl halides is 3. The fourth-order valence-corrected chi connectivity index (χ4v) is 3.55. The van der Waals surface area contributed by atoms with E-state index in [1.807, 2.05) is 24.3 Å². The molecule has 1 atom stereocenters. The summed E-state index contributed by atoms with van der Waals surface area (Å²) in [6.07, 6.45) is -0.776. The zero-order chi connectivity index (χ0) is 25.3. The summed E-state index contributed by atoms with van der Waals surface area (Å²) in [5.74, 6) is -2.47. The molecule has 0 saturated carbocycles. The molecule has 180 valence electrons. The van der Waals surface area contributed by atoms with Gasteiger partial charge in [0, 0.05) is 42.2 Å². The number of aromatic nitrogens is 3. The number of nitrogens with one attached hydrogen (secondary N) is 2. The highest BCUT2D eigenvalue weighted by Crippen LogP contribution is 2.43. The molecule has 1 aromatic carbocycles. The zero-order valence-corrected chi connectivity index (χ0v) is 18.0. The number of hydrogen-bond acceptors (Lipinski definition) is 5. The van der Waals surface area contributed by atoms with E-state index in [1.165, 1.54) is 4.57 Å². The summed E-state index contributed by atoms with van der Waals surface area (Å²) >= 11 is 0. The van der Waals surface area contributed by atoms with Gasteiger partial charge in [0.05, 0.1) is 11.4 Å². The van der Waals surface area contributed by atoms with Gasteiger partial charge in [-0.15, -0.1) is 0 Å². The van der Waals surface area contributed by atoms with Crippen molar-refractivity contribution in [2.45, 2.75) is 12.3 Å². The Bertz CT molecular complexity index is 1480. The lowest BCUT2D eigenvalue weighted by Crippen LogP contribution is -2.31. The number of halogens is 3. The van der Waals surface area contributed by atoms with Crippen molar-refractivity contribution in [2.24, 2.45) is 7.05 Å². The zero-order valence-electron chi connectivity index (χ0n) is 18.0. The third kappa shape index (κ3) is 4.58. The van der Waals surface area contributed by atoms with Crippen LogP contribution in [0.5, 0.6) is 5.75 Å². The summed E-state index contributed by atoms with van der Waals surface area (Å²) in [4.78, 5) is 41.1. The van der Waals surface area contributed by atoms with Crippen LogP contribution in [0.2, 0.25) is 0 Å². The van der Waals surface area contributed by atoms with Gasteiger partial charge in [-0.2, -0.15) is 13.2 Å². The van der Waals surface area contributed by atoms with E-state index < -0.39 is 18.2 Å². The molecule has 4 aromatic rings. The van der Waals surface area contributed by atoms with Crippen LogP contribution in [0.4, 0.5) is 18.9 Å². The number of ether oxygens (including phenoxy) is 1. The number of amides is 1. The van der Waals surface area contributed by atoms with Crippen molar-refractivity contribution < 1.29 is 32.6 Å². The first kappa shape index (κ1) is 23.5. The maximum absolute atomic E-state index is 12.5. The SMILES string of the molecule is Cn1cc(-c2cccc3c2OC(c2ccccn2)C(=O)N3)c2cc[nH]c2c1=O.O=C(O)C(F)(F)F. The van der Waals surface area contributed by atoms with Crippen molar-refractivity contribution in [1.29, 1.82) is 0 Å². The summed E-state index contributed by atoms with van der Waals surface area (Å²) in [6.45, 7) is 0. The molecular formula is C23H17F3N4O5. The fraction of sp³-hybridized carbons (Fsp3) is 0.130. The van der Waals surface area contributed by atoms with Crippen LogP contribution >= 0.6 is 0 Å². The number of carboxylic acids is 1. The van der Waals surface area contributed by atoms with E-state index in [2.05, 4.69) is 15.3 Å². The Hall–Kier alpha value is -4.61. The van der Waals surface area contributed by atoms with Gasteiger partial charge < -0.3 is 24.7 Å². The van der Waals surface area contributed by atoms with Gasteiger partial charge in [-0.25, -0.2) is 4.79 Å². The van der Waals surface area contributed by atoms with Crippen molar-refractivity contribution in [1.82, 2.24) is 14.5 Å². The average Bonchev–Trinajstić information content (AvgIpc) is 3.31. The number of para-hydroxylation sites is 1. The van der Waals surface area contributed by atoms with Gasteiger partial charge in [0.15, 0.2) is 5.75 Å². The number of benzene rings is 1. The Morgan fingerprint density at radius 1 is 1.11 bits per heavy atom. The van der Waals surface area contributed by atoms with Crippen molar-refractivity contribution in [3.63, 3.8) is 0 Å². The number of anilines is 1. The van der Waals surface area contributed by atoms with E-state index >= 15 is 0 Å². The molecule has 35 heavy (non-hydrogen) atoms. The Kier molecular flexibility index (Phi) is 6.03. The van der Waals surface area contributed by atoms with Crippen LogP contribution in [0, 0.1) is 0 Å². The molecule has 1 unspecified atom stereocenters. The molecule has 0 bridgehead atoms. The predicted octanol–water partition coefficient (Wildman–Crippen LogP) is 3.63. The van der Waals surface area contributed by atoms with Crippen LogP contribution in [0.3, 0.4) is 0 Å². The Labute approximate surface area is 194 Å². The number of pyridine rings is 2. The molecule has 0 radical (unpaired) electrons. The highest BCUT2D eigenvalue weighted by atomic mass is 19.4. The quantitative estimate of drug-likeness (QED) is 0.397. The second-order valence-electron chi connectivity index (χ2n) is 7.45. The molecule has 4 heterocycles. The largest absolute Gasteiger partial charge is 0.490 e. The number of carbonyl (C=O) groups is 2. The van der Waals surface area contributed by atoms with Gasteiger partial charge in [0.1, 0.15) is 5.52 Å². The smallest absolute Gasteiger partial charge is 0.475 e. The van der Waals surface area contributed by atoms with Crippen molar-refractivity contribution in [3.05, 3.63) is 77.1 Å². The molecule has 3 N–H and O–H groups in total. The topological polar surface area (TPSA) is 126 Å². The molecule has 5 rings (SSSR count). The summed E-state index contributed by atoms with van der Waals surface area (Å²) in [5.41, 5.74) is 3.18. The van der Waals surface area contributed by atoms with Crippen LogP contribution in [-0.4, -0.2) is 37.7 Å². The maximum atomic E-state index is 12.5. The summed E-state index contributed by atoms with van der Waals surface area (Å²) < 4.78 is 39.4. The molecule has 1 amide bonds. The molecule has 12 heteroatoms. The van der Waals surface area contributed by atoms with Crippen LogP contribution in [0.25, 0.3) is 22.0 Å². The van der Waals surface area contributed by atoms with Gasteiger partial charge in [0.2, 0.25) is 6.10 Å². The molecule has 0 fully saturated rings. The number of aryl methyl sites for hydroxylation is 1. The third-order valence-corrected chi connectivity index (χ3v) is 5.13. The monoisotopic (exact) mass is 486 g/mol. The Morgan fingerprint density at radius 2 is 1.86 bits per heavy atom. The lowest BCUT2D eigenvalue weighted by atomic mass is 10.0. The first-order chi connectivity index (χ1) is 16.6. The highest BCUT2D eigenvalue weighted by molar-refractivity contribution is 6.02. The number of carboxylic acid groups (broad SMARTS) is 1. The molecule has 1 aliphatic heterocycles. The minimum Gasteiger partial charge on any atom is -0.475 e. The molecule has 0 spiro atoms. The summed E-state index contributed by atoms with van der Waals surface area (Å²) in [7, 11) is 1.71. The molecular weight excluding hydrogens is 469 g/mol. The van der Waals surface area contributed by atoms with Gasteiger partial charge in [0.25, 0.3) is 11.5 Å². The van der Waals surface area contributed by atoms with E-state index in [4.69, 9.17) is 14.6 Å². The lowest BCUT2D eigenvalue weighted by Gasteiger charge is -2.27. The first-order valence-electron chi connectivity index (χ1n) is 10.1. The number of hydrogen-bond donors (Lipinski definition) is 3. The van der Waals surface area contributed by atoms with E-state index in [-0.39, 0.29) is 11.5 Å². The van der Waals surface area contributed by atoms with Crippen LogP contribution in [0.1, 0.15) is 11.8 Å². The minimum atomic E-state index is -5.08. The number of rotatable bonds is 2. The average molecular weight is 486 g/mol. The fourth-order valence-electron chi connectivity index (χ4n) is 3.55. The number of fused-ring (bicyclic) bond motifs is 2. The van der Waals surface area contributed by atoms with Gasteiger partial charge in [-0.3, -0.25) is 14.6 Å². The van der Waals surface area contributed by atoms with Gasteiger partial charge in [-0.05, 0) is 24.3 Å². The molecule has 9 nitrogen and oxygen atoms in total. The molecule has 3 aromatic heterocycles. The van der Waals surface area contributed by atoms with Crippen LogP contribution < -0.4 is 15.6 Å². The van der Waals surface area contributed by atoms with E-state index in [9.17, 15) is 22.8 Å². The number of nitrogens with zero attached hydrogens (tertiary/aromatic N) is 2. The standard InChI is InChI=1S/C21H16N4O3.C2HF3O2/c1-25-11-14(12-8-10-23-17(12)21(25)27)13-5-4-7-16-18(13)28-19(20(26)24-16)15-6-2-3-9-22-15;3-2(4,5)1(6)7/h2-11,19,23H,1H3,(H,24,26);(H,6,7). The Balaban J connectivity index is 0.000000364. The van der Waals surface area contributed by atoms with E-state index in [0.717, 1.165) is 16.5 Å².